The highest BCUT2D eigenvalue weighted by Crippen LogP contribution is 2.44. The molecule has 186 valence electrons. The molecule has 0 aromatic heterocycles. The van der Waals surface area contributed by atoms with E-state index in [0.29, 0.717) is 6.54 Å². The molecule has 6 nitrogen and oxygen atoms in total. The summed E-state index contributed by atoms with van der Waals surface area (Å²) in [7, 11) is 0. The first-order chi connectivity index (χ1) is 17.6. The van der Waals surface area contributed by atoms with E-state index < -0.39 is 12.1 Å². The number of nitrogens with two attached hydrogens (primary N) is 1. The SMILES string of the molecule is NCc1ccc(CN(CC(=O)OC2CCCC2)C(=O)OCC2c3ccccc3-c3ccccc32)cc1. The Bertz CT molecular complexity index is 1170. The van der Waals surface area contributed by atoms with Crippen LogP contribution in [-0.2, 0) is 27.4 Å². The average molecular weight is 485 g/mol. The molecule has 2 N–H and O–H groups in total. The topological polar surface area (TPSA) is 81.9 Å². The number of ether oxygens (including phenoxy) is 2. The third-order valence-corrected chi connectivity index (χ3v) is 7.15. The fourth-order valence-corrected chi connectivity index (χ4v) is 5.26. The van der Waals surface area contributed by atoms with Crippen LogP contribution in [0.2, 0.25) is 0 Å². The van der Waals surface area contributed by atoms with Crippen LogP contribution in [0.3, 0.4) is 0 Å². The highest BCUT2D eigenvalue weighted by atomic mass is 16.6. The smallest absolute Gasteiger partial charge is 0.410 e. The fraction of sp³-hybridized carbons (Fsp3) is 0.333. The first kappa shape index (κ1) is 24.1. The van der Waals surface area contributed by atoms with E-state index in [4.69, 9.17) is 15.2 Å². The number of carbonyl (C=O) groups excluding carboxylic acids is 2. The largest absolute Gasteiger partial charge is 0.461 e. The third kappa shape index (κ3) is 5.29. The Labute approximate surface area is 212 Å². The molecular formula is C30H32N2O4. The monoisotopic (exact) mass is 484 g/mol. The second kappa shape index (κ2) is 11.0. The molecule has 3 aromatic carbocycles. The van der Waals surface area contributed by atoms with Gasteiger partial charge in [-0.3, -0.25) is 9.69 Å². The maximum atomic E-state index is 13.3. The van der Waals surface area contributed by atoms with Gasteiger partial charge in [0.15, 0.2) is 0 Å². The van der Waals surface area contributed by atoms with Gasteiger partial charge >= 0.3 is 12.1 Å². The molecule has 0 radical (unpaired) electrons. The molecule has 1 saturated carbocycles. The molecule has 0 atom stereocenters. The van der Waals surface area contributed by atoms with Crippen molar-refractivity contribution in [2.24, 2.45) is 5.73 Å². The Morgan fingerprint density at radius 1 is 0.833 bits per heavy atom. The van der Waals surface area contributed by atoms with Crippen molar-refractivity contribution in [3.05, 3.63) is 95.1 Å². The number of nitrogens with zero attached hydrogens (tertiary/aromatic N) is 1. The van der Waals surface area contributed by atoms with E-state index in [1.54, 1.807) is 0 Å². The average Bonchev–Trinajstić information content (AvgIpc) is 3.53. The number of fused-ring (bicyclic) bond motifs is 3. The van der Waals surface area contributed by atoms with Gasteiger partial charge in [-0.1, -0.05) is 72.8 Å². The molecule has 0 aliphatic heterocycles. The zero-order chi connectivity index (χ0) is 24.9. The van der Waals surface area contributed by atoms with E-state index >= 15 is 0 Å². The predicted octanol–water partition coefficient (Wildman–Crippen LogP) is 5.38. The van der Waals surface area contributed by atoms with Crippen LogP contribution in [-0.4, -0.2) is 36.2 Å². The second-order valence-corrected chi connectivity index (χ2v) is 9.58. The highest BCUT2D eigenvalue weighted by Gasteiger charge is 2.30. The fourth-order valence-electron chi connectivity index (χ4n) is 5.26. The first-order valence-corrected chi connectivity index (χ1v) is 12.7. The number of hydrogen-bond donors (Lipinski definition) is 1. The van der Waals surface area contributed by atoms with Gasteiger partial charge in [0, 0.05) is 19.0 Å². The van der Waals surface area contributed by atoms with Gasteiger partial charge < -0.3 is 15.2 Å². The minimum atomic E-state index is -0.525. The van der Waals surface area contributed by atoms with E-state index in [1.807, 2.05) is 48.5 Å². The van der Waals surface area contributed by atoms with Gasteiger partial charge in [0.1, 0.15) is 19.3 Å². The molecule has 3 aromatic rings. The Morgan fingerprint density at radius 2 is 1.42 bits per heavy atom. The first-order valence-electron chi connectivity index (χ1n) is 12.7. The standard InChI is InChI=1S/C30H32N2O4/c31-17-21-13-15-22(16-14-21)18-32(19-29(33)36-23-7-1-2-8-23)30(34)35-20-28-26-11-5-3-9-24(26)25-10-4-6-12-27(25)28/h3-6,9-16,23,28H,1-2,7-8,17-20,31H2. The zero-order valence-corrected chi connectivity index (χ0v) is 20.4. The lowest BCUT2D eigenvalue weighted by molar-refractivity contribution is -0.149. The lowest BCUT2D eigenvalue weighted by Gasteiger charge is -2.24. The van der Waals surface area contributed by atoms with Gasteiger partial charge in [-0.25, -0.2) is 4.79 Å². The van der Waals surface area contributed by atoms with Crippen LogP contribution in [0.15, 0.2) is 72.8 Å². The number of benzene rings is 3. The van der Waals surface area contributed by atoms with E-state index in [2.05, 4.69) is 24.3 Å². The van der Waals surface area contributed by atoms with Crippen LogP contribution < -0.4 is 5.73 Å². The van der Waals surface area contributed by atoms with Gasteiger partial charge in [0.2, 0.25) is 0 Å². The molecule has 0 heterocycles. The lowest BCUT2D eigenvalue weighted by atomic mass is 9.98. The number of amides is 1. The van der Waals surface area contributed by atoms with E-state index in [1.165, 1.54) is 16.0 Å². The van der Waals surface area contributed by atoms with Gasteiger partial charge in [0.25, 0.3) is 0 Å². The van der Waals surface area contributed by atoms with Crippen molar-refractivity contribution >= 4 is 12.1 Å². The minimum absolute atomic E-state index is 0.0440. The summed E-state index contributed by atoms with van der Waals surface area (Å²) in [6, 6.07) is 24.2. The van der Waals surface area contributed by atoms with Crippen molar-refractivity contribution in [3.63, 3.8) is 0 Å². The van der Waals surface area contributed by atoms with Gasteiger partial charge in [-0.2, -0.15) is 0 Å². The van der Waals surface area contributed by atoms with Crippen molar-refractivity contribution in [3.8, 4) is 11.1 Å². The van der Waals surface area contributed by atoms with Gasteiger partial charge in [0.05, 0.1) is 0 Å². The van der Waals surface area contributed by atoms with Crippen LogP contribution in [0.4, 0.5) is 4.79 Å². The zero-order valence-electron chi connectivity index (χ0n) is 20.4. The molecule has 0 bridgehead atoms. The second-order valence-electron chi connectivity index (χ2n) is 9.58. The van der Waals surface area contributed by atoms with Crippen molar-refractivity contribution < 1.29 is 19.1 Å². The summed E-state index contributed by atoms with van der Waals surface area (Å²) >= 11 is 0. The van der Waals surface area contributed by atoms with Crippen molar-refractivity contribution in [2.75, 3.05) is 13.2 Å². The summed E-state index contributed by atoms with van der Waals surface area (Å²) in [5.41, 5.74) is 12.3. The number of esters is 1. The summed E-state index contributed by atoms with van der Waals surface area (Å²) in [6.45, 7) is 0.754. The third-order valence-electron chi connectivity index (χ3n) is 7.15. The van der Waals surface area contributed by atoms with E-state index in [0.717, 1.165) is 47.9 Å². The van der Waals surface area contributed by atoms with Gasteiger partial charge in [-0.15, -0.1) is 0 Å². The molecule has 5 rings (SSSR count). The van der Waals surface area contributed by atoms with Gasteiger partial charge in [-0.05, 0) is 59.1 Å². The Morgan fingerprint density at radius 3 is 2.03 bits per heavy atom. The quantitative estimate of drug-likeness (QED) is 0.434. The van der Waals surface area contributed by atoms with E-state index in [9.17, 15) is 9.59 Å². The van der Waals surface area contributed by atoms with Crippen molar-refractivity contribution in [1.29, 1.82) is 0 Å². The molecule has 0 saturated heterocycles. The molecular weight excluding hydrogens is 452 g/mol. The summed E-state index contributed by atoms with van der Waals surface area (Å²) in [5.74, 6) is -0.438. The van der Waals surface area contributed by atoms with Crippen molar-refractivity contribution in [1.82, 2.24) is 4.90 Å². The van der Waals surface area contributed by atoms with Crippen LogP contribution in [0.25, 0.3) is 11.1 Å². The Kier molecular flexibility index (Phi) is 7.33. The Hall–Kier alpha value is -3.64. The molecule has 2 aliphatic rings. The molecule has 0 unspecified atom stereocenters. The number of hydrogen-bond acceptors (Lipinski definition) is 5. The summed E-state index contributed by atoms with van der Waals surface area (Å²) in [5, 5.41) is 0. The van der Waals surface area contributed by atoms with Crippen LogP contribution in [0, 0.1) is 0 Å². The molecule has 1 fully saturated rings. The van der Waals surface area contributed by atoms with E-state index in [-0.39, 0.29) is 31.7 Å². The molecule has 6 heteroatoms. The minimum Gasteiger partial charge on any atom is -0.461 e. The van der Waals surface area contributed by atoms with Crippen LogP contribution in [0.1, 0.15) is 53.9 Å². The van der Waals surface area contributed by atoms with Crippen LogP contribution in [0.5, 0.6) is 0 Å². The molecule has 36 heavy (non-hydrogen) atoms. The maximum absolute atomic E-state index is 13.3. The molecule has 0 spiro atoms. The molecule has 1 amide bonds. The summed E-state index contributed by atoms with van der Waals surface area (Å²) < 4.78 is 11.5. The van der Waals surface area contributed by atoms with Crippen molar-refractivity contribution in [2.45, 2.75) is 50.8 Å². The Balaban J connectivity index is 1.30. The highest BCUT2D eigenvalue weighted by molar-refractivity contribution is 5.80. The summed E-state index contributed by atoms with van der Waals surface area (Å²) in [4.78, 5) is 27.4. The number of carbonyl (C=O) groups is 2. The maximum Gasteiger partial charge on any atom is 0.410 e. The molecule has 2 aliphatic carbocycles. The predicted molar refractivity (Wildman–Crippen MR) is 138 cm³/mol. The van der Waals surface area contributed by atoms with Crippen LogP contribution >= 0.6 is 0 Å². The summed E-state index contributed by atoms with van der Waals surface area (Å²) in [6.07, 6.45) is 3.34. The normalized spacial score (nSPS) is 14.8. The lowest BCUT2D eigenvalue weighted by Crippen LogP contribution is -2.37. The number of rotatable bonds is 8.